The van der Waals surface area contributed by atoms with Crippen molar-refractivity contribution in [2.45, 2.75) is 116 Å². The van der Waals surface area contributed by atoms with Crippen molar-refractivity contribution in [3.8, 4) is 5.75 Å². The van der Waals surface area contributed by atoms with Crippen molar-refractivity contribution < 1.29 is 13.5 Å². The fraction of sp³-hybridized carbons (Fsp3) is 0.622. The second-order valence-electron chi connectivity index (χ2n) is 13.2. The maximum Gasteiger partial charge on any atom is 0.200 e. The van der Waals surface area contributed by atoms with Crippen LogP contribution in [0.15, 0.2) is 48.6 Å². The van der Waals surface area contributed by atoms with Gasteiger partial charge >= 0.3 is 0 Å². The Kier molecular flexibility index (Phi) is 10.4. The maximum atomic E-state index is 14.7. The first-order valence-electron chi connectivity index (χ1n) is 16.4. The molecule has 0 radical (unpaired) electrons. The molecule has 0 amide bonds. The highest BCUT2D eigenvalue weighted by Gasteiger charge is 2.36. The number of ether oxygens (including phenoxy) is 1. The van der Waals surface area contributed by atoms with Crippen LogP contribution < -0.4 is 4.74 Å². The van der Waals surface area contributed by atoms with Crippen molar-refractivity contribution >= 4 is 0 Å². The van der Waals surface area contributed by atoms with E-state index in [1.807, 2.05) is 19.1 Å². The normalized spacial score (nSPS) is 28.9. The Labute approximate surface area is 241 Å². The van der Waals surface area contributed by atoms with Crippen LogP contribution in [0.1, 0.15) is 126 Å². The van der Waals surface area contributed by atoms with E-state index < -0.39 is 11.6 Å². The van der Waals surface area contributed by atoms with Gasteiger partial charge in [-0.2, -0.15) is 4.39 Å². The molecule has 0 N–H and O–H groups in total. The lowest BCUT2D eigenvalue weighted by atomic mass is 9.64. The van der Waals surface area contributed by atoms with Gasteiger partial charge in [0.25, 0.3) is 0 Å². The van der Waals surface area contributed by atoms with Crippen molar-refractivity contribution in [1.29, 1.82) is 0 Å². The summed E-state index contributed by atoms with van der Waals surface area (Å²) < 4.78 is 35.0. The lowest BCUT2D eigenvalue weighted by molar-refractivity contribution is 0.0902. The highest BCUT2D eigenvalue weighted by molar-refractivity contribution is 5.31. The third kappa shape index (κ3) is 7.18. The minimum absolute atomic E-state index is 0.0653. The summed E-state index contributed by atoms with van der Waals surface area (Å²) >= 11 is 0. The van der Waals surface area contributed by atoms with Crippen LogP contribution in [0.4, 0.5) is 8.78 Å². The van der Waals surface area contributed by atoms with Gasteiger partial charge in [0.1, 0.15) is 0 Å². The molecule has 3 fully saturated rings. The summed E-state index contributed by atoms with van der Waals surface area (Å²) in [5, 5.41) is 0. The summed E-state index contributed by atoms with van der Waals surface area (Å²) in [6, 6.07) is 13.1. The van der Waals surface area contributed by atoms with Crippen LogP contribution in [0.3, 0.4) is 0 Å². The summed E-state index contributed by atoms with van der Waals surface area (Å²) in [5.41, 5.74) is 3.52. The van der Waals surface area contributed by atoms with Crippen LogP contribution in [0, 0.1) is 35.3 Å². The van der Waals surface area contributed by atoms with Crippen LogP contribution in [-0.2, 0) is 6.42 Å². The molecule has 0 aliphatic heterocycles. The van der Waals surface area contributed by atoms with Gasteiger partial charge in [0.15, 0.2) is 11.6 Å². The zero-order valence-corrected chi connectivity index (χ0v) is 24.9. The number of benzene rings is 2. The van der Waals surface area contributed by atoms with Gasteiger partial charge in [-0.05, 0) is 142 Å². The lowest BCUT2D eigenvalue weighted by Gasteiger charge is -2.42. The molecule has 2 aromatic carbocycles. The molecule has 0 bridgehead atoms. The molecule has 5 rings (SSSR count). The van der Waals surface area contributed by atoms with Crippen molar-refractivity contribution in [3.63, 3.8) is 0 Å². The van der Waals surface area contributed by atoms with Crippen LogP contribution in [-0.4, -0.2) is 6.61 Å². The summed E-state index contributed by atoms with van der Waals surface area (Å²) in [4.78, 5) is 0. The zero-order valence-electron chi connectivity index (χ0n) is 24.9. The predicted molar refractivity (Wildman–Crippen MR) is 162 cm³/mol. The van der Waals surface area contributed by atoms with E-state index in [-0.39, 0.29) is 5.75 Å². The van der Waals surface area contributed by atoms with Gasteiger partial charge in [0.05, 0.1) is 6.61 Å². The molecule has 218 valence electrons. The first-order valence-corrected chi connectivity index (χ1v) is 16.4. The Morgan fingerprint density at radius 1 is 0.750 bits per heavy atom. The van der Waals surface area contributed by atoms with Crippen LogP contribution in [0.2, 0.25) is 0 Å². The van der Waals surface area contributed by atoms with Crippen LogP contribution in [0.25, 0.3) is 0 Å². The molecule has 0 spiro atoms. The Hall–Kier alpha value is -2.16. The lowest BCUT2D eigenvalue weighted by Crippen LogP contribution is -2.32. The van der Waals surface area contributed by atoms with Gasteiger partial charge in [0.2, 0.25) is 5.82 Å². The van der Waals surface area contributed by atoms with E-state index in [1.54, 1.807) is 23.3 Å². The van der Waals surface area contributed by atoms with Crippen molar-refractivity contribution in [2.75, 3.05) is 6.61 Å². The average molecular weight is 549 g/mol. The van der Waals surface area contributed by atoms with E-state index in [0.717, 1.165) is 36.5 Å². The van der Waals surface area contributed by atoms with Gasteiger partial charge < -0.3 is 4.74 Å². The zero-order chi connectivity index (χ0) is 27.9. The van der Waals surface area contributed by atoms with E-state index in [9.17, 15) is 8.78 Å². The highest BCUT2D eigenvalue weighted by atomic mass is 19.2. The molecule has 4 atom stereocenters. The largest absolute Gasteiger partial charge is 0.490 e. The Balaban J connectivity index is 1.08. The van der Waals surface area contributed by atoms with Gasteiger partial charge in [-0.1, -0.05) is 62.2 Å². The number of aryl methyl sites for hydroxylation is 1. The van der Waals surface area contributed by atoms with Crippen molar-refractivity contribution in [1.82, 2.24) is 0 Å². The number of fused-ring (bicyclic) bond motifs is 1. The van der Waals surface area contributed by atoms with E-state index in [1.165, 1.54) is 64.2 Å². The Morgan fingerprint density at radius 2 is 1.40 bits per heavy atom. The standard InChI is InChI=1S/C37H50F2O/c1-3-5-6-8-31-21-22-35(37(39)36(31)38)40-25-27-11-14-34-24-33(20-19-32(34)23-27)30-17-15-29(16-18-30)28-12-9-26(7-4-2)10-13-28/h3,5,15-18,21-22,26-28,32-34H,4,6-14,19-20,23-25H2,1-2H3. The molecule has 2 aromatic rings. The fourth-order valence-electron chi connectivity index (χ4n) is 8.16. The Bertz CT molecular complexity index is 1100. The van der Waals surface area contributed by atoms with E-state index in [2.05, 4.69) is 31.2 Å². The number of rotatable bonds is 10. The van der Waals surface area contributed by atoms with Crippen LogP contribution in [0.5, 0.6) is 5.75 Å². The maximum absolute atomic E-state index is 14.7. The first-order chi connectivity index (χ1) is 19.6. The SMILES string of the molecule is CC=CCCc1ccc(OCC2CCC3CC(c4ccc(C5CCC(CCC)CC5)cc4)CCC3C2)c(F)c1F. The highest BCUT2D eigenvalue weighted by Crippen LogP contribution is 2.48. The predicted octanol–water partition coefficient (Wildman–Crippen LogP) is 10.9. The molecule has 3 aliphatic carbocycles. The molecular weight excluding hydrogens is 498 g/mol. The van der Waals surface area contributed by atoms with Gasteiger partial charge in [0, 0.05) is 0 Å². The molecule has 3 saturated carbocycles. The fourth-order valence-corrected chi connectivity index (χ4v) is 8.16. The molecule has 4 unspecified atom stereocenters. The average Bonchev–Trinajstić information content (AvgIpc) is 2.99. The molecule has 40 heavy (non-hydrogen) atoms. The third-order valence-electron chi connectivity index (χ3n) is 10.6. The number of hydrogen-bond donors (Lipinski definition) is 0. The molecule has 3 heteroatoms. The number of hydrogen-bond acceptors (Lipinski definition) is 1. The molecule has 0 saturated heterocycles. The second-order valence-corrected chi connectivity index (χ2v) is 13.2. The van der Waals surface area contributed by atoms with Crippen LogP contribution >= 0.6 is 0 Å². The third-order valence-corrected chi connectivity index (χ3v) is 10.6. The van der Waals surface area contributed by atoms with Gasteiger partial charge in [-0.25, -0.2) is 4.39 Å². The minimum atomic E-state index is -0.831. The number of allylic oxidation sites excluding steroid dienone is 2. The summed E-state index contributed by atoms with van der Waals surface area (Å²) in [6.45, 7) is 4.74. The molecule has 0 heterocycles. The number of halogens is 2. The topological polar surface area (TPSA) is 9.23 Å². The smallest absolute Gasteiger partial charge is 0.200 e. The van der Waals surface area contributed by atoms with Crippen molar-refractivity contribution in [2.24, 2.45) is 23.7 Å². The molecule has 1 nitrogen and oxygen atoms in total. The van der Waals surface area contributed by atoms with Crippen molar-refractivity contribution in [3.05, 3.63) is 76.9 Å². The van der Waals surface area contributed by atoms with E-state index in [4.69, 9.17) is 4.74 Å². The van der Waals surface area contributed by atoms with E-state index in [0.29, 0.717) is 36.8 Å². The summed E-state index contributed by atoms with van der Waals surface area (Å²) in [6.07, 6.45) is 20.8. The van der Waals surface area contributed by atoms with Gasteiger partial charge in [-0.15, -0.1) is 0 Å². The first kappa shape index (κ1) is 29.3. The monoisotopic (exact) mass is 548 g/mol. The quantitative estimate of drug-likeness (QED) is 0.268. The second kappa shape index (κ2) is 14.1. The molecule has 3 aliphatic rings. The molecular formula is C37H50F2O. The molecule has 0 aromatic heterocycles. The van der Waals surface area contributed by atoms with Gasteiger partial charge in [-0.3, -0.25) is 0 Å². The Morgan fingerprint density at radius 3 is 2.12 bits per heavy atom. The minimum Gasteiger partial charge on any atom is -0.490 e. The van der Waals surface area contributed by atoms with E-state index >= 15 is 0 Å². The summed E-state index contributed by atoms with van der Waals surface area (Å²) in [5.74, 6) is 2.86. The summed E-state index contributed by atoms with van der Waals surface area (Å²) in [7, 11) is 0.